The molecule has 3 aromatic carbocycles. The number of nitrogens with zero attached hydrogens (tertiary/aromatic N) is 1. The molecule has 1 heterocycles. The van der Waals surface area contributed by atoms with Gasteiger partial charge in [0.05, 0.1) is 11.1 Å². The van der Waals surface area contributed by atoms with Crippen LogP contribution in [0.3, 0.4) is 0 Å². The van der Waals surface area contributed by atoms with Crippen molar-refractivity contribution in [2.24, 2.45) is 0 Å². The van der Waals surface area contributed by atoms with E-state index >= 15 is 0 Å². The maximum atomic E-state index is 12.5. The number of nitrogens with one attached hydrogen (secondary N) is 2. The Bertz CT molecular complexity index is 1130. The normalized spacial score (nSPS) is 10.7. The Morgan fingerprint density at radius 2 is 1.56 bits per heavy atom. The predicted octanol–water partition coefficient (Wildman–Crippen LogP) is 4.18. The summed E-state index contributed by atoms with van der Waals surface area (Å²) in [5.74, 6) is -1.19. The first kappa shape index (κ1) is 16.5. The number of carboxylic acid groups (broad SMARTS) is 1. The molecule has 0 saturated carbocycles. The van der Waals surface area contributed by atoms with Gasteiger partial charge in [-0.2, -0.15) is 0 Å². The first-order valence-electron chi connectivity index (χ1n) is 8.31. The summed E-state index contributed by atoms with van der Waals surface area (Å²) in [6.45, 7) is 0. The van der Waals surface area contributed by atoms with E-state index in [9.17, 15) is 14.7 Å². The Hall–Kier alpha value is -3.93. The lowest BCUT2D eigenvalue weighted by Gasteiger charge is -2.04. The third-order valence-corrected chi connectivity index (χ3v) is 4.23. The zero-order valence-corrected chi connectivity index (χ0v) is 14.1. The van der Waals surface area contributed by atoms with Crippen molar-refractivity contribution >= 4 is 28.9 Å². The molecular formula is C21H15N3O3. The topological polar surface area (TPSA) is 95.1 Å². The third-order valence-electron chi connectivity index (χ3n) is 4.23. The van der Waals surface area contributed by atoms with Crippen molar-refractivity contribution < 1.29 is 14.7 Å². The zero-order valence-electron chi connectivity index (χ0n) is 14.1. The number of carboxylic acids is 1. The van der Waals surface area contributed by atoms with Crippen LogP contribution in [0.2, 0.25) is 0 Å². The van der Waals surface area contributed by atoms with Crippen LogP contribution >= 0.6 is 0 Å². The van der Waals surface area contributed by atoms with Crippen molar-refractivity contribution in [1.29, 1.82) is 0 Å². The van der Waals surface area contributed by atoms with Crippen molar-refractivity contribution in [1.82, 2.24) is 9.97 Å². The molecule has 0 aliphatic heterocycles. The number of H-pyrrole nitrogens is 1. The third kappa shape index (κ3) is 3.28. The van der Waals surface area contributed by atoms with Crippen molar-refractivity contribution in [2.45, 2.75) is 0 Å². The predicted molar refractivity (Wildman–Crippen MR) is 103 cm³/mol. The quantitative estimate of drug-likeness (QED) is 0.510. The van der Waals surface area contributed by atoms with Crippen LogP contribution in [0.15, 0.2) is 72.8 Å². The fourth-order valence-corrected chi connectivity index (χ4v) is 2.89. The standard InChI is InChI=1S/C21H15N3O3/c25-19(15-11-9-14(10-12-15)13-5-2-1-3-6-13)24-21-22-17-8-4-7-16(20(26)27)18(17)23-21/h1-12H,(H,26,27)(H2,22,23,24,25). The molecule has 6 heteroatoms. The molecule has 0 atom stereocenters. The molecule has 0 aliphatic rings. The van der Waals surface area contributed by atoms with Gasteiger partial charge in [-0.05, 0) is 35.4 Å². The molecule has 4 rings (SSSR count). The average molecular weight is 357 g/mol. The van der Waals surface area contributed by atoms with Gasteiger partial charge in [0.1, 0.15) is 5.52 Å². The molecule has 27 heavy (non-hydrogen) atoms. The van der Waals surface area contributed by atoms with Crippen molar-refractivity contribution in [2.75, 3.05) is 5.32 Å². The smallest absolute Gasteiger partial charge is 0.337 e. The van der Waals surface area contributed by atoms with Crippen LogP contribution in [0.4, 0.5) is 5.95 Å². The molecule has 0 spiro atoms. The number of aromatic carboxylic acids is 1. The highest BCUT2D eigenvalue weighted by atomic mass is 16.4. The number of imidazole rings is 1. The molecule has 0 fully saturated rings. The van der Waals surface area contributed by atoms with Gasteiger partial charge in [0.15, 0.2) is 0 Å². The van der Waals surface area contributed by atoms with Gasteiger partial charge in [-0.3, -0.25) is 10.1 Å². The van der Waals surface area contributed by atoms with E-state index in [1.807, 2.05) is 42.5 Å². The summed E-state index contributed by atoms with van der Waals surface area (Å²) in [6.07, 6.45) is 0. The monoisotopic (exact) mass is 357 g/mol. The Kier molecular flexibility index (Phi) is 4.14. The van der Waals surface area contributed by atoms with Gasteiger partial charge in [-0.25, -0.2) is 9.78 Å². The molecular weight excluding hydrogens is 342 g/mol. The minimum atomic E-state index is -1.07. The zero-order chi connectivity index (χ0) is 18.8. The molecule has 3 N–H and O–H groups in total. The van der Waals surface area contributed by atoms with Gasteiger partial charge in [0.25, 0.3) is 5.91 Å². The van der Waals surface area contributed by atoms with Gasteiger partial charge in [0, 0.05) is 5.56 Å². The number of fused-ring (bicyclic) bond motifs is 1. The Balaban J connectivity index is 1.56. The van der Waals surface area contributed by atoms with Crippen LogP contribution in [-0.4, -0.2) is 27.0 Å². The van der Waals surface area contributed by atoms with Gasteiger partial charge in [-0.15, -0.1) is 0 Å². The first-order chi connectivity index (χ1) is 13.1. The van der Waals surface area contributed by atoms with Crippen molar-refractivity contribution in [3.63, 3.8) is 0 Å². The number of hydrogen-bond acceptors (Lipinski definition) is 3. The van der Waals surface area contributed by atoms with Crippen LogP contribution in [0.5, 0.6) is 0 Å². The summed E-state index contributed by atoms with van der Waals surface area (Å²) in [7, 11) is 0. The first-order valence-corrected chi connectivity index (χ1v) is 8.31. The minimum Gasteiger partial charge on any atom is -0.478 e. The number of anilines is 1. The van der Waals surface area contributed by atoms with Crippen LogP contribution in [0.1, 0.15) is 20.7 Å². The van der Waals surface area contributed by atoms with E-state index in [0.29, 0.717) is 16.6 Å². The molecule has 0 unspecified atom stereocenters. The molecule has 1 amide bonds. The van der Waals surface area contributed by atoms with E-state index in [4.69, 9.17) is 0 Å². The fourth-order valence-electron chi connectivity index (χ4n) is 2.89. The SMILES string of the molecule is O=C(Nc1nc2c(C(=O)O)cccc2[nH]1)c1ccc(-c2ccccc2)cc1. The summed E-state index contributed by atoms with van der Waals surface area (Å²) in [6, 6.07) is 21.9. The van der Waals surface area contributed by atoms with Crippen molar-refractivity contribution in [3.8, 4) is 11.1 Å². The van der Waals surface area contributed by atoms with E-state index < -0.39 is 5.97 Å². The number of para-hydroxylation sites is 1. The van der Waals surface area contributed by atoms with Gasteiger partial charge < -0.3 is 10.1 Å². The number of aromatic amines is 1. The summed E-state index contributed by atoms with van der Waals surface area (Å²) < 4.78 is 0. The van der Waals surface area contributed by atoms with Crippen LogP contribution in [-0.2, 0) is 0 Å². The maximum Gasteiger partial charge on any atom is 0.337 e. The molecule has 0 aliphatic carbocycles. The second-order valence-corrected chi connectivity index (χ2v) is 5.99. The second kappa shape index (κ2) is 6.76. The number of hydrogen-bond donors (Lipinski definition) is 3. The number of carbonyl (C=O) groups excluding carboxylic acids is 1. The van der Waals surface area contributed by atoms with Gasteiger partial charge in [0.2, 0.25) is 5.95 Å². The molecule has 6 nitrogen and oxygen atoms in total. The minimum absolute atomic E-state index is 0.0801. The number of benzene rings is 3. The largest absolute Gasteiger partial charge is 0.478 e. The van der Waals surface area contributed by atoms with Crippen molar-refractivity contribution in [3.05, 3.63) is 83.9 Å². The molecule has 1 aromatic heterocycles. The molecule has 4 aromatic rings. The highest BCUT2D eigenvalue weighted by molar-refractivity contribution is 6.05. The van der Waals surface area contributed by atoms with Gasteiger partial charge >= 0.3 is 5.97 Å². The summed E-state index contributed by atoms with van der Waals surface area (Å²) in [5.41, 5.74) is 3.50. The fraction of sp³-hybridized carbons (Fsp3) is 0. The lowest BCUT2D eigenvalue weighted by molar-refractivity contribution is 0.0698. The van der Waals surface area contributed by atoms with E-state index in [2.05, 4.69) is 15.3 Å². The van der Waals surface area contributed by atoms with Crippen LogP contribution in [0.25, 0.3) is 22.2 Å². The maximum absolute atomic E-state index is 12.5. The molecule has 0 radical (unpaired) electrons. The summed E-state index contributed by atoms with van der Waals surface area (Å²) >= 11 is 0. The molecule has 0 saturated heterocycles. The number of amides is 1. The highest BCUT2D eigenvalue weighted by Gasteiger charge is 2.14. The Morgan fingerprint density at radius 3 is 2.26 bits per heavy atom. The molecule has 0 bridgehead atoms. The highest BCUT2D eigenvalue weighted by Crippen LogP contribution is 2.21. The number of rotatable bonds is 4. The van der Waals surface area contributed by atoms with Crippen LogP contribution in [0, 0.1) is 0 Å². The van der Waals surface area contributed by atoms with E-state index in [1.54, 1.807) is 24.3 Å². The lowest BCUT2D eigenvalue weighted by atomic mass is 10.0. The van der Waals surface area contributed by atoms with Crippen LogP contribution < -0.4 is 5.32 Å². The summed E-state index contributed by atoms with van der Waals surface area (Å²) in [5, 5.41) is 11.9. The Labute approximate surface area is 154 Å². The van der Waals surface area contributed by atoms with E-state index in [-0.39, 0.29) is 17.4 Å². The second-order valence-electron chi connectivity index (χ2n) is 5.99. The van der Waals surface area contributed by atoms with E-state index in [0.717, 1.165) is 11.1 Å². The summed E-state index contributed by atoms with van der Waals surface area (Å²) in [4.78, 5) is 30.9. The molecule has 132 valence electrons. The number of carbonyl (C=O) groups is 2. The average Bonchev–Trinajstić information content (AvgIpc) is 3.11. The Morgan fingerprint density at radius 1 is 0.852 bits per heavy atom. The number of aromatic nitrogens is 2. The van der Waals surface area contributed by atoms with E-state index in [1.165, 1.54) is 6.07 Å². The lowest BCUT2D eigenvalue weighted by Crippen LogP contribution is -2.12. The van der Waals surface area contributed by atoms with Gasteiger partial charge in [-0.1, -0.05) is 48.5 Å².